The van der Waals surface area contributed by atoms with E-state index in [1.165, 1.54) is 6.07 Å². The number of anilines is 1. The summed E-state index contributed by atoms with van der Waals surface area (Å²) in [5.41, 5.74) is 0.245. The summed E-state index contributed by atoms with van der Waals surface area (Å²) in [6, 6.07) is 9.90. The molecule has 31 heavy (non-hydrogen) atoms. The van der Waals surface area contributed by atoms with E-state index in [4.69, 9.17) is 16.3 Å². The lowest BCUT2D eigenvalue weighted by atomic mass is 10.1. The van der Waals surface area contributed by atoms with Crippen LogP contribution in [0.3, 0.4) is 0 Å². The standard InChI is InChI=1S/C22H27ClF3N3O2/c1-16(17-3-6-19(23)7-4-17)31-15-20(30)14-28-9-2-10-29(12-11-28)21-8-5-18(13-27-21)22(24,25)26/h3-8,13,16,20,30H,2,9-12,14-15H2,1H3. The molecule has 1 aliphatic heterocycles. The number of aliphatic hydroxyl groups excluding tert-OH is 1. The molecular weight excluding hydrogens is 431 g/mol. The van der Waals surface area contributed by atoms with E-state index in [-0.39, 0.29) is 12.7 Å². The van der Waals surface area contributed by atoms with Crippen LogP contribution in [0.1, 0.15) is 30.6 Å². The maximum absolute atomic E-state index is 12.7. The number of aliphatic hydroxyl groups is 1. The Kier molecular flexibility index (Phi) is 8.16. The summed E-state index contributed by atoms with van der Waals surface area (Å²) in [5.74, 6) is 0.538. The number of halogens is 4. The summed E-state index contributed by atoms with van der Waals surface area (Å²) in [5, 5.41) is 11.1. The predicted molar refractivity (Wildman–Crippen MR) is 114 cm³/mol. The molecule has 2 aromatic rings. The van der Waals surface area contributed by atoms with Gasteiger partial charge in [-0.1, -0.05) is 23.7 Å². The first-order valence-electron chi connectivity index (χ1n) is 10.3. The summed E-state index contributed by atoms with van der Waals surface area (Å²) >= 11 is 5.90. The second-order valence-electron chi connectivity index (χ2n) is 7.72. The third-order valence-electron chi connectivity index (χ3n) is 5.33. The van der Waals surface area contributed by atoms with E-state index in [1.807, 2.05) is 36.1 Å². The van der Waals surface area contributed by atoms with Crippen molar-refractivity contribution in [3.63, 3.8) is 0 Å². The van der Waals surface area contributed by atoms with E-state index in [1.54, 1.807) is 0 Å². The molecule has 1 fully saturated rings. The first-order valence-corrected chi connectivity index (χ1v) is 10.7. The summed E-state index contributed by atoms with van der Waals surface area (Å²) < 4.78 is 44.0. The van der Waals surface area contributed by atoms with Crippen molar-refractivity contribution in [3.8, 4) is 0 Å². The highest BCUT2D eigenvalue weighted by atomic mass is 35.5. The molecule has 0 radical (unpaired) electrons. The van der Waals surface area contributed by atoms with Crippen molar-refractivity contribution in [1.82, 2.24) is 9.88 Å². The van der Waals surface area contributed by atoms with Crippen LogP contribution in [0.25, 0.3) is 0 Å². The molecule has 1 aromatic heterocycles. The molecule has 1 saturated heterocycles. The third kappa shape index (κ3) is 7.07. The Bertz CT molecular complexity index is 818. The fraction of sp³-hybridized carbons (Fsp3) is 0.500. The molecule has 2 heterocycles. The number of pyridine rings is 1. The number of hydrogen-bond donors (Lipinski definition) is 1. The minimum atomic E-state index is -4.38. The Morgan fingerprint density at radius 3 is 2.48 bits per heavy atom. The number of β-amino-alcohol motifs (C(OH)–C–C–N with tert-alkyl or cyclic N) is 1. The minimum Gasteiger partial charge on any atom is -0.389 e. The molecule has 0 aliphatic carbocycles. The van der Waals surface area contributed by atoms with Crippen LogP contribution in [0.15, 0.2) is 42.6 Å². The Morgan fingerprint density at radius 2 is 1.84 bits per heavy atom. The molecule has 0 saturated carbocycles. The lowest BCUT2D eigenvalue weighted by Crippen LogP contribution is -2.37. The van der Waals surface area contributed by atoms with Crippen molar-refractivity contribution >= 4 is 17.4 Å². The van der Waals surface area contributed by atoms with Gasteiger partial charge < -0.3 is 14.7 Å². The van der Waals surface area contributed by atoms with Gasteiger partial charge in [0.15, 0.2) is 0 Å². The lowest BCUT2D eigenvalue weighted by molar-refractivity contribution is -0.137. The largest absolute Gasteiger partial charge is 0.417 e. The highest BCUT2D eigenvalue weighted by Gasteiger charge is 2.31. The second-order valence-corrected chi connectivity index (χ2v) is 8.16. The zero-order valence-corrected chi connectivity index (χ0v) is 18.1. The first-order chi connectivity index (χ1) is 14.7. The van der Waals surface area contributed by atoms with E-state index in [0.29, 0.717) is 37.0 Å². The molecule has 5 nitrogen and oxygen atoms in total. The van der Waals surface area contributed by atoms with Gasteiger partial charge in [-0.3, -0.25) is 4.90 Å². The first kappa shape index (κ1) is 23.8. The molecule has 2 unspecified atom stereocenters. The molecule has 0 amide bonds. The van der Waals surface area contributed by atoms with Gasteiger partial charge in [-0.05, 0) is 49.7 Å². The van der Waals surface area contributed by atoms with Crippen LogP contribution in [0.4, 0.5) is 19.0 Å². The number of benzene rings is 1. The minimum absolute atomic E-state index is 0.155. The van der Waals surface area contributed by atoms with Gasteiger partial charge in [-0.15, -0.1) is 0 Å². The number of alkyl halides is 3. The summed E-state index contributed by atoms with van der Waals surface area (Å²) in [6.45, 7) is 5.43. The van der Waals surface area contributed by atoms with Crippen LogP contribution < -0.4 is 4.90 Å². The molecular formula is C22H27ClF3N3O2. The van der Waals surface area contributed by atoms with Gasteiger partial charge in [0.05, 0.1) is 24.4 Å². The van der Waals surface area contributed by atoms with E-state index >= 15 is 0 Å². The fourth-order valence-electron chi connectivity index (χ4n) is 3.56. The molecule has 0 bridgehead atoms. The summed E-state index contributed by atoms with van der Waals surface area (Å²) in [4.78, 5) is 8.11. The van der Waals surface area contributed by atoms with Gasteiger partial charge in [0.2, 0.25) is 0 Å². The number of rotatable bonds is 7. The predicted octanol–water partition coefficient (Wildman–Crippen LogP) is 4.40. The average molecular weight is 458 g/mol. The average Bonchev–Trinajstić information content (AvgIpc) is 2.97. The van der Waals surface area contributed by atoms with Gasteiger partial charge in [-0.25, -0.2) is 4.98 Å². The van der Waals surface area contributed by atoms with Crippen molar-refractivity contribution in [1.29, 1.82) is 0 Å². The van der Waals surface area contributed by atoms with Gasteiger partial charge >= 0.3 is 6.18 Å². The van der Waals surface area contributed by atoms with E-state index < -0.39 is 17.8 Å². The molecule has 1 aromatic carbocycles. The van der Waals surface area contributed by atoms with Gasteiger partial charge in [0, 0.05) is 37.4 Å². The summed E-state index contributed by atoms with van der Waals surface area (Å²) in [6.07, 6.45) is -3.47. The van der Waals surface area contributed by atoms with E-state index in [9.17, 15) is 18.3 Å². The normalized spacial score (nSPS) is 17.9. The van der Waals surface area contributed by atoms with Crippen molar-refractivity contribution in [2.24, 2.45) is 0 Å². The van der Waals surface area contributed by atoms with Crippen molar-refractivity contribution in [2.45, 2.75) is 31.7 Å². The van der Waals surface area contributed by atoms with Gasteiger partial charge in [0.25, 0.3) is 0 Å². The fourth-order valence-corrected chi connectivity index (χ4v) is 3.69. The molecule has 9 heteroatoms. The van der Waals surface area contributed by atoms with Crippen LogP contribution in [0, 0.1) is 0 Å². The summed E-state index contributed by atoms with van der Waals surface area (Å²) in [7, 11) is 0. The van der Waals surface area contributed by atoms with Crippen LogP contribution in [-0.4, -0.2) is 60.4 Å². The van der Waals surface area contributed by atoms with Crippen molar-refractivity contribution in [2.75, 3.05) is 44.2 Å². The highest BCUT2D eigenvalue weighted by molar-refractivity contribution is 6.30. The quantitative estimate of drug-likeness (QED) is 0.667. The molecule has 2 atom stereocenters. The lowest BCUT2D eigenvalue weighted by Gasteiger charge is -2.25. The van der Waals surface area contributed by atoms with Gasteiger partial charge in [-0.2, -0.15) is 13.2 Å². The van der Waals surface area contributed by atoms with Gasteiger partial charge in [0.1, 0.15) is 5.82 Å². The Hall–Kier alpha value is -1.87. The zero-order valence-electron chi connectivity index (χ0n) is 17.4. The third-order valence-corrected chi connectivity index (χ3v) is 5.59. The molecule has 0 spiro atoms. The van der Waals surface area contributed by atoms with Crippen LogP contribution >= 0.6 is 11.6 Å². The Morgan fingerprint density at radius 1 is 1.10 bits per heavy atom. The molecule has 170 valence electrons. The second kappa shape index (κ2) is 10.6. The topological polar surface area (TPSA) is 48.8 Å². The Balaban J connectivity index is 1.45. The highest BCUT2D eigenvalue weighted by Crippen LogP contribution is 2.29. The monoisotopic (exact) mass is 457 g/mol. The molecule has 1 N–H and O–H groups in total. The van der Waals surface area contributed by atoms with E-state index in [0.717, 1.165) is 30.8 Å². The molecule has 1 aliphatic rings. The Labute approximate surface area is 185 Å². The van der Waals surface area contributed by atoms with E-state index in [2.05, 4.69) is 9.88 Å². The van der Waals surface area contributed by atoms with Crippen molar-refractivity contribution in [3.05, 3.63) is 58.7 Å². The van der Waals surface area contributed by atoms with Crippen LogP contribution in [-0.2, 0) is 10.9 Å². The molecule has 3 rings (SSSR count). The number of hydrogen-bond acceptors (Lipinski definition) is 5. The smallest absolute Gasteiger partial charge is 0.389 e. The number of aromatic nitrogens is 1. The number of ether oxygens (including phenoxy) is 1. The van der Waals surface area contributed by atoms with Crippen molar-refractivity contribution < 1.29 is 23.0 Å². The maximum atomic E-state index is 12.7. The zero-order chi connectivity index (χ0) is 22.4. The maximum Gasteiger partial charge on any atom is 0.417 e. The van der Waals surface area contributed by atoms with Crippen LogP contribution in [0.5, 0.6) is 0 Å². The van der Waals surface area contributed by atoms with Crippen LogP contribution in [0.2, 0.25) is 5.02 Å². The number of nitrogens with zero attached hydrogens (tertiary/aromatic N) is 3. The SMILES string of the molecule is CC(OCC(O)CN1CCCN(c2ccc(C(F)(F)F)cn2)CC1)c1ccc(Cl)cc1.